The van der Waals surface area contributed by atoms with Gasteiger partial charge in [0.2, 0.25) is 0 Å². The van der Waals surface area contributed by atoms with Crippen molar-refractivity contribution in [2.24, 2.45) is 11.8 Å². The highest BCUT2D eigenvalue weighted by Gasteiger charge is 2.41. The molecule has 1 saturated carbocycles. The first-order valence-electron chi connectivity index (χ1n) is 4.48. The molecule has 1 fully saturated rings. The van der Waals surface area contributed by atoms with Crippen LogP contribution in [0.3, 0.4) is 0 Å². The van der Waals surface area contributed by atoms with Crippen LogP contribution in [0, 0.1) is 11.8 Å². The zero-order valence-corrected chi connectivity index (χ0v) is 7.05. The highest BCUT2D eigenvalue weighted by atomic mass is 16.4. The van der Waals surface area contributed by atoms with Crippen molar-refractivity contribution < 1.29 is 9.90 Å². The predicted molar refractivity (Wildman–Crippen MR) is 43.4 cm³/mol. The van der Waals surface area contributed by atoms with Gasteiger partial charge in [-0.15, -0.1) is 0 Å². The van der Waals surface area contributed by atoms with Gasteiger partial charge in [0.05, 0.1) is 5.92 Å². The van der Waals surface area contributed by atoms with Gasteiger partial charge in [-0.2, -0.15) is 0 Å². The van der Waals surface area contributed by atoms with Crippen LogP contribution in [0.25, 0.3) is 0 Å². The Morgan fingerprint density at radius 1 is 1.55 bits per heavy atom. The second-order valence-corrected chi connectivity index (χ2v) is 3.44. The number of carbonyl (C=O) groups is 1. The van der Waals surface area contributed by atoms with E-state index in [0.717, 1.165) is 12.8 Å². The summed E-state index contributed by atoms with van der Waals surface area (Å²) in [5.41, 5.74) is 0. The molecule has 2 nitrogen and oxygen atoms in total. The standard InChI is InChI=1S/C9H16O2/c1-2-3-4-5-7-6-8(7)9(10)11/h7-8H,2-6H2,1H3,(H,10,11)/t7-,8-/m1/s1. The lowest BCUT2D eigenvalue weighted by molar-refractivity contribution is -0.138. The predicted octanol–water partition coefficient (Wildman–Crippen LogP) is 2.29. The first-order valence-corrected chi connectivity index (χ1v) is 4.48. The average molecular weight is 156 g/mol. The summed E-state index contributed by atoms with van der Waals surface area (Å²) in [5, 5.41) is 8.58. The molecule has 0 aliphatic heterocycles. The van der Waals surface area contributed by atoms with Crippen molar-refractivity contribution in [1.82, 2.24) is 0 Å². The maximum atomic E-state index is 10.4. The van der Waals surface area contributed by atoms with Gasteiger partial charge >= 0.3 is 5.97 Å². The SMILES string of the molecule is CCCCC[C@@H]1C[C@H]1C(=O)O. The lowest BCUT2D eigenvalue weighted by Crippen LogP contribution is -1.99. The van der Waals surface area contributed by atoms with Crippen LogP contribution in [-0.2, 0) is 4.79 Å². The molecule has 0 saturated heterocycles. The van der Waals surface area contributed by atoms with Crippen LogP contribution in [0.4, 0.5) is 0 Å². The third-order valence-corrected chi connectivity index (χ3v) is 2.42. The van der Waals surface area contributed by atoms with Gasteiger partial charge in [0.25, 0.3) is 0 Å². The molecule has 0 amide bonds. The Morgan fingerprint density at radius 2 is 2.27 bits per heavy atom. The highest BCUT2D eigenvalue weighted by Crippen LogP contribution is 2.42. The first-order chi connectivity index (χ1) is 5.25. The molecule has 1 rings (SSSR count). The van der Waals surface area contributed by atoms with E-state index in [9.17, 15) is 4.79 Å². The molecule has 0 unspecified atom stereocenters. The van der Waals surface area contributed by atoms with Crippen LogP contribution in [-0.4, -0.2) is 11.1 Å². The van der Waals surface area contributed by atoms with Crippen molar-refractivity contribution in [2.45, 2.75) is 39.0 Å². The van der Waals surface area contributed by atoms with Gasteiger partial charge in [-0.1, -0.05) is 26.2 Å². The highest BCUT2D eigenvalue weighted by molar-refractivity contribution is 5.73. The van der Waals surface area contributed by atoms with Crippen LogP contribution >= 0.6 is 0 Å². The smallest absolute Gasteiger partial charge is 0.306 e. The van der Waals surface area contributed by atoms with Crippen LogP contribution in [0.5, 0.6) is 0 Å². The van der Waals surface area contributed by atoms with Gasteiger partial charge in [-0.25, -0.2) is 0 Å². The number of carboxylic acids is 1. The maximum absolute atomic E-state index is 10.4. The van der Waals surface area contributed by atoms with Gasteiger partial charge in [0.15, 0.2) is 0 Å². The lowest BCUT2D eigenvalue weighted by atomic mass is 10.1. The fourth-order valence-corrected chi connectivity index (χ4v) is 1.53. The molecule has 0 aromatic carbocycles. The monoisotopic (exact) mass is 156 g/mol. The quantitative estimate of drug-likeness (QED) is 0.620. The number of unbranched alkanes of at least 4 members (excludes halogenated alkanes) is 2. The maximum Gasteiger partial charge on any atom is 0.306 e. The summed E-state index contributed by atoms with van der Waals surface area (Å²) < 4.78 is 0. The molecule has 1 N–H and O–H groups in total. The Labute approximate surface area is 67.6 Å². The Morgan fingerprint density at radius 3 is 2.73 bits per heavy atom. The molecule has 2 heteroatoms. The summed E-state index contributed by atoms with van der Waals surface area (Å²) in [6.07, 6.45) is 5.75. The van der Waals surface area contributed by atoms with E-state index < -0.39 is 5.97 Å². The summed E-state index contributed by atoms with van der Waals surface area (Å²) in [7, 11) is 0. The minimum atomic E-state index is -0.591. The van der Waals surface area contributed by atoms with E-state index >= 15 is 0 Å². The Kier molecular flexibility index (Phi) is 2.92. The molecule has 1 aliphatic carbocycles. The van der Waals surface area contributed by atoms with E-state index in [1.807, 2.05) is 0 Å². The third kappa shape index (κ3) is 2.52. The van der Waals surface area contributed by atoms with Crippen molar-refractivity contribution >= 4 is 5.97 Å². The Hall–Kier alpha value is -0.530. The first kappa shape index (κ1) is 8.57. The Bertz CT molecular complexity index is 142. The topological polar surface area (TPSA) is 37.3 Å². The van der Waals surface area contributed by atoms with Crippen LogP contribution in [0.2, 0.25) is 0 Å². The summed E-state index contributed by atoms with van der Waals surface area (Å²) in [5.74, 6) is -0.0718. The van der Waals surface area contributed by atoms with Crippen molar-refractivity contribution in [3.63, 3.8) is 0 Å². The zero-order chi connectivity index (χ0) is 8.27. The van der Waals surface area contributed by atoms with Gasteiger partial charge in [-0.05, 0) is 18.8 Å². The fraction of sp³-hybridized carbons (Fsp3) is 0.889. The lowest BCUT2D eigenvalue weighted by Gasteiger charge is -1.95. The average Bonchev–Trinajstić information content (AvgIpc) is 2.68. The molecular weight excluding hydrogens is 140 g/mol. The molecule has 0 radical (unpaired) electrons. The van der Waals surface area contributed by atoms with E-state index in [1.165, 1.54) is 19.3 Å². The zero-order valence-electron chi connectivity index (χ0n) is 7.05. The summed E-state index contributed by atoms with van der Waals surface area (Å²) >= 11 is 0. The summed E-state index contributed by atoms with van der Waals surface area (Å²) in [6.45, 7) is 2.17. The minimum Gasteiger partial charge on any atom is -0.481 e. The molecule has 0 aromatic heterocycles. The molecule has 1 aliphatic rings. The Balaban J connectivity index is 2.00. The molecule has 11 heavy (non-hydrogen) atoms. The van der Waals surface area contributed by atoms with E-state index in [1.54, 1.807) is 0 Å². The fourth-order valence-electron chi connectivity index (χ4n) is 1.53. The minimum absolute atomic E-state index is 0.00635. The number of hydrogen-bond acceptors (Lipinski definition) is 1. The summed E-state index contributed by atoms with van der Waals surface area (Å²) in [6, 6.07) is 0. The number of carboxylic acid groups (broad SMARTS) is 1. The third-order valence-electron chi connectivity index (χ3n) is 2.42. The molecule has 0 heterocycles. The van der Waals surface area contributed by atoms with Crippen molar-refractivity contribution in [3.05, 3.63) is 0 Å². The van der Waals surface area contributed by atoms with E-state index in [0.29, 0.717) is 5.92 Å². The van der Waals surface area contributed by atoms with Crippen molar-refractivity contribution in [3.8, 4) is 0 Å². The molecule has 0 bridgehead atoms. The molecule has 2 atom stereocenters. The van der Waals surface area contributed by atoms with Gasteiger partial charge in [-0.3, -0.25) is 4.79 Å². The van der Waals surface area contributed by atoms with Crippen LogP contribution in [0.1, 0.15) is 39.0 Å². The van der Waals surface area contributed by atoms with Gasteiger partial charge in [0.1, 0.15) is 0 Å². The number of aliphatic carboxylic acids is 1. The molecular formula is C9H16O2. The second kappa shape index (κ2) is 3.74. The van der Waals surface area contributed by atoms with E-state index in [-0.39, 0.29) is 5.92 Å². The van der Waals surface area contributed by atoms with E-state index in [4.69, 9.17) is 5.11 Å². The largest absolute Gasteiger partial charge is 0.481 e. The molecule has 64 valence electrons. The van der Waals surface area contributed by atoms with Crippen molar-refractivity contribution in [1.29, 1.82) is 0 Å². The number of hydrogen-bond donors (Lipinski definition) is 1. The normalized spacial score (nSPS) is 28.5. The van der Waals surface area contributed by atoms with E-state index in [2.05, 4.69) is 6.92 Å². The van der Waals surface area contributed by atoms with Gasteiger partial charge in [0, 0.05) is 0 Å². The second-order valence-electron chi connectivity index (χ2n) is 3.44. The molecule has 0 aromatic rings. The number of rotatable bonds is 5. The van der Waals surface area contributed by atoms with Gasteiger partial charge < -0.3 is 5.11 Å². The van der Waals surface area contributed by atoms with Crippen LogP contribution < -0.4 is 0 Å². The molecule has 0 spiro atoms. The summed E-state index contributed by atoms with van der Waals surface area (Å²) in [4.78, 5) is 10.4. The van der Waals surface area contributed by atoms with Crippen molar-refractivity contribution in [2.75, 3.05) is 0 Å². The van der Waals surface area contributed by atoms with Crippen LogP contribution in [0.15, 0.2) is 0 Å².